The highest BCUT2D eigenvalue weighted by molar-refractivity contribution is 6.33. The van der Waals surface area contributed by atoms with Gasteiger partial charge in [0.1, 0.15) is 5.54 Å². The van der Waals surface area contributed by atoms with Crippen LogP contribution in [0.4, 0.5) is 5.69 Å². The molecule has 1 rings (SSSR count). The number of nitrogens with one attached hydrogen (secondary N) is 1. The van der Waals surface area contributed by atoms with Gasteiger partial charge in [0, 0.05) is 0 Å². The number of hydrogen-bond acceptors (Lipinski definition) is 2. The highest BCUT2D eigenvalue weighted by Gasteiger charge is 2.30. The number of halogens is 1. The van der Waals surface area contributed by atoms with Crippen molar-refractivity contribution in [3.63, 3.8) is 0 Å². The molecule has 0 heterocycles. The fourth-order valence-electron chi connectivity index (χ4n) is 1.50. The Balaban J connectivity index is 2.90. The number of primary amides is 1. The zero-order chi connectivity index (χ0) is 12.9. The van der Waals surface area contributed by atoms with Gasteiger partial charge in [0.05, 0.1) is 10.7 Å². The molecule has 0 radical (unpaired) electrons. The molecule has 0 bridgehead atoms. The Morgan fingerprint density at radius 3 is 2.76 bits per heavy atom. The van der Waals surface area contributed by atoms with Crippen LogP contribution in [-0.2, 0) is 4.79 Å². The first-order chi connectivity index (χ1) is 7.99. The van der Waals surface area contributed by atoms with Crippen LogP contribution in [0.15, 0.2) is 36.9 Å². The lowest BCUT2D eigenvalue weighted by molar-refractivity contribution is -0.121. The van der Waals surface area contributed by atoms with Crippen molar-refractivity contribution in [2.45, 2.75) is 25.3 Å². The second-order valence-corrected chi connectivity index (χ2v) is 4.54. The Bertz CT molecular complexity index is 420. The van der Waals surface area contributed by atoms with E-state index in [2.05, 4.69) is 11.9 Å². The molecule has 0 saturated heterocycles. The minimum atomic E-state index is -0.820. The number of hydrogen-bond donors (Lipinski definition) is 2. The van der Waals surface area contributed by atoms with Gasteiger partial charge in [-0.25, -0.2) is 0 Å². The first-order valence-electron chi connectivity index (χ1n) is 5.43. The maximum atomic E-state index is 11.5. The summed E-state index contributed by atoms with van der Waals surface area (Å²) in [6.45, 7) is 5.41. The third kappa shape index (κ3) is 3.49. The largest absolute Gasteiger partial charge is 0.370 e. The van der Waals surface area contributed by atoms with E-state index >= 15 is 0 Å². The fourth-order valence-corrected chi connectivity index (χ4v) is 1.68. The van der Waals surface area contributed by atoms with Gasteiger partial charge in [0.25, 0.3) is 0 Å². The molecule has 1 atom stereocenters. The second-order valence-electron chi connectivity index (χ2n) is 4.13. The molecule has 1 aromatic rings. The van der Waals surface area contributed by atoms with Gasteiger partial charge in [-0.1, -0.05) is 29.8 Å². The summed E-state index contributed by atoms with van der Waals surface area (Å²) in [7, 11) is 0. The zero-order valence-electron chi connectivity index (χ0n) is 9.87. The summed E-state index contributed by atoms with van der Waals surface area (Å²) >= 11 is 6.03. The third-order valence-corrected chi connectivity index (χ3v) is 3.01. The van der Waals surface area contributed by atoms with Crippen molar-refractivity contribution in [3.05, 3.63) is 41.9 Å². The van der Waals surface area contributed by atoms with Crippen LogP contribution in [0.1, 0.15) is 19.8 Å². The number of rotatable bonds is 6. The highest BCUT2D eigenvalue weighted by atomic mass is 35.5. The minimum Gasteiger partial charge on any atom is -0.370 e. The number of amides is 1. The van der Waals surface area contributed by atoms with Gasteiger partial charge in [-0.2, -0.15) is 0 Å². The van der Waals surface area contributed by atoms with Crippen LogP contribution < -0.4 is 11.1 Å². The molecule has 1 amide bonds. The van der Waals surface area contributed by atoms with Crippen molar-refractivity contribution in [2.75, 3.05) is 5.32 Å². The van der Waals surface area contributed by atoms with E-state index in [4.69, 9.17) is 17.3 Å². The summed E-state index contributed by atoms with van der Waals surface area (Å²) in [6.07, 6.45) is 3.05. The van der Waals surface area contributed by atoms with Gasteiger partial charge >= 0.3 is 0 Å². The minimum absolute atomic E-state index is 0.403. The van der Waals surface area contributed by atoms with Gasteiger partial charge in [0.2, 0.25) is 5.91 Å². The lowest BCUT2D eigenvalue weighted by Crippen LogP contribution is -2.47. The lowest BCUT2D eigenvalue weighted by Gasteiger charge is -2.28. The summed E-state index contributed by atoms with van der Waals surface area (Å²) in [5, 5.41) is 3.67. The Labute approximate surface area is 107 Å². The Morgan fingerprint density at radius 2 is 2.24 bits per heavy atom. The van der Waals surface area contributed by atoms with Gasteiger partial charge < -0.3 is 11.1 Å². The van der Waals surface area contributed by atoms with E-state index in [1.807, 2.05) is 18.2 Å². The van der Waals surface area contributed by atoms with Crippen LogP contribution in [0.25, 0.3) is 0 Å². The van der Waals surface area contributed by atoms with E-state index in [0.717, 1.165) is 0 Å². The molecule has 3 N–H and O–H groups in total. The normalized spacial score (nSPS) is 13.8. The van der Waals surface area contributed by atoms with E-state index in [0.29, 0.717) is 23.6 Å². The molecule has 4 heteroatoms. The molecule has 17 heavy (non-hydrogen) atoms. The van der Waals surface area contributed by atoms with Gasteiger partial charge in [-0.15, -0.1) is 6.58 Å². The summed E-state index contributed by atoms with van der Waals surface area (Å²) < 4.78 is 0. The van der Waals surface area contributed by atoms with Gasteiger partial charge in [-0.05, 0) is 31.9 Å². The SMILES string of the molecule is C=CCCC(C)(Nc1ccccc1Cl)C(N)=O. The summed E-state index contributed by atoms with van der Waals surface area (Å²) in [6, 6.07) is 7.26. The van der Waals surface area contributed by atoms with Gasteiger partial charge in [-0.3, -0.25) is 4.79 Å². The number of nitrogens with two attached hydrogens (primary N) is 1. The molecule has 0 aliphatic heterocycles. The van der Waals surface area contributed by atoms with Crippen molar-refractivity contribution < 1.29 is 4.79 Å². The first-order valence-corrected chi connectivity index (χ1v) is 5.81. The molecule has 92 valence electrons. The quantitative estimate of drug-likeness (QED) is 0.765. The van der Waals surface area contributed by atoms with Crippen LogP contribution in [0.2, 0.25) is 5.02 Å². The van der Waals surface area contributed by atoms with E-state index in [1.165, 1.54) is 0 Å². The molecule has 1 unspecified atom stereocenters. The van der Waals surface area contributed by atoms with Crippen molar-refractivity contribution >= 4 is 23.2 Å². The van der Waals surface area contributed by atoms with Crippen LogP contribution in [0, 0.1) is 0 Å². The van der Waals surface area contributed by atoms with E-state index in [-0.39, 0.29) is 0 Å². The van der Waals surface area contributed by atoms with Crippen molar-refractivity contribution in [2.24, 2.45) is 5.73 Å². The van der Waals surface area contributed by atoms with Crippen molar-refractivity contribution in [1.82, 2.24) is 0 Å². The Kier molecular flexibility index (Phi) is 4.58. The molecule has 0 aliphatic carbocycles. The molecule has 0 spiro atoms. The number of allylic oxidation sites excluding steroid dienone is 1. The van der Waals surface area contributed by atoms with Crippen molar-refractivity contribution in [1.29, 1.82) is 0 Å². The number of carbonyl (C=O) groups excluding carboxylic acids is 1. The van der Waals surface area contributed by atoms with Crippen LogP contribution >= 0.6 is 11.6 Å². The summed E-state index contributed by atoms with van der Waals surface area (Å²) in [4.78, 5) is 11.5. The fraction of sp³-hybridized carbons (Fsp3) is 0.308. The van der Waals surface area contributed by atoms with E-state index in [9.17, 15) is 4.79 Å². The number of carbonyl (C=O) groups is 1. The molecule has 0 aromatic heterocycles. The Hall–Kier alpha value is -1.48. The molecule has 0 saturated carbocycles. The summed E-state index contributed by atoms with van der Waals surface area (Å²) in [5.41, 5.74) is 5.32. The molecule has 0 fully saturated rings. The van der Waals surface area contributed by atoms with Crippen LogP contribution in [0.3, 0.4) is 0 Å². The highest BCUT2D eigenvalue weighted by Crippen LogP contribution is 2.26. The zero-order valence-corrected chi connectivity index (χ0v) is 10.6. The van der Waals surface area contributed by atoms with Crippen LogP contribution in [0.5, 0.6) is 0 Å². The topological polar surface area (TPSA) is 55.1 Å². The maximum absolute atomic E-state index is 11.5. The predicted molar refractivity (Wildman–Crippen MR) is 72.1 cm³/mol. The summed E-state index contributed by atoms with van der Waals surface area (Å²) in [5.74, 6) is -0.403. The number of benzene rings is 1. The van der Waals surface area contributed by atoms with E-state index in [1.54, 1.807) is 19.1 Å². The Morgan fingerprint density at radius 1 is 1.59 bits per heavy atom. The van der Waals surface area contributed by atoms with Crippen LogP contribution in [-0.4, -0.2) is 11.4 Å². The maximum Gasteiger partial charge on any atom is 0.242 e. The molecular weight excluding hydrogens is 236 g/mol. The molecule has 3 nitrogen and oxygen atoms in total. The second kappa shape index (κ2) is 5.73. The average Bonchev–Trinajstić information content (AvgIpc) is 2.29. The van der Waals surface area contributed by atoms with E-state index < -0.39 is 11.4 Å². The predicted octanol–water partition coefficient (Wildman–Crippen LogP) is 2.96. The molecular formula is C13H17ClN2O. The molecule has 0 aliphatic rings. The monoisotopic (exact) mass is 252 g/mol. The smallest absolute Gasteiger partial charge is 0.242 e. The number of para-hydroxylation sites is 1. The standard InChI is InChI=1S/C13H17ClN2O/c1-3-4-9-13(2,12(15)17)16-11-8-6-5-7-10(11)14/h3,5-8,16H,1,4,9H2,2H3,(H2,15,17). The van der Waals surface area contributed by atoms with Crippen molar-refractivity contribution in [3.8, 4) is 0 Å². The first kappa shape index (κ1) is 13.6. The average molecular weight is 253 g/mol. The molecule has 1 aromatic carbocycles. The van der Waals surface area contributed by atoms with Gasteiger partial charge in [0.15, 0.2) is 0 Å². The lowest BCUT2D eigenvalue weighted by atomic mass is 9.94. The number of anilines is 1. The third-order valence-electron chi connectivity index (χ3n) is 2.68.